The average Bonchev–Trinajstić information content (AvgIpc) is 2.07. The van der Waals surface area contributed by atoms with Gasteiger partial charge in [0, 0.05) is 5.33 Å². The zero-order chi connectivity index (χ0) is 14.6. The zero-order valence-electron chi connectivity index (χ0n) is 12.0. The molecule has 4 nitrogen and oxygen atoms in total. The molecule has 0 aromatic carbocycles. The number of carbonyl (C=O) groups excluding carboxylic acids is 2. The highest BCUT2D eigenvalue weighted by Gasteiger charge is 2.34. The summed E-state index contributed by atoms with van der Waals surface area (Å²) in [5, 5.41) is 0.538. The van der Waals surface area contributed by atoms with Crippen molar-refractivity contribution < 1.29 is 19.1 Å². The molecule has 0 aromatic rings. The summed E-state index contributed by atoms with van der Waals surface area (Å²) in [6, 6.07) is 0. The van der Waals surface area contributed by atoms with Crippen molar-refractivity contribution >= 4 is 27.9 Å². The molecule has 0 atom stereocenters. The Morgan fingerprint density at radius 1 is 0.944 bits per heavy atom. The Balaban J connectivity index is 4.75. The van der Waals surface area contributed by atoms with Crippen LogP contribution in [0.5, 0.6) is 0 Å². The molecule has 0 radical (unpaired) electrons. The van der Waals surface area contributed by atoms with Crippen LogP contribution in [0.15, 0.2) is 0 Å². The summed E-state index contributed by atoms with van der Waals surface area (Å²) >= 11 is 3.23. The second-order valence-electron chi connectivity index (χ2n) is 6.10. The molecule has 0 unspecified atom stereocenters. The summed E-state index contributed by atoms with van der Waals surface area (Å²) in [7, 11) is 0. The summed E-state index contributed by atoms with van der Waals surface area (Å²) in [6.07, 6.45) is 0.365. The van der Waals surface area contributed by atoms with Crippen LogP contribution < -0.4 is 0 Å². The average molecular weight is 323 g/mol. The van der Waals surface area contributed by atoms with Gasteiger partial charge in [-0.15, -0.1) is 0 Å². The van der Waals surface area contributed by atoms with Gasteiger partial charge in [0.05, 0.1) is 0 Å². The number of carbonyl (C=O) groups is 2. The number of hydrogen-bond donors (Lipinski definition) is 0. The van der Waals surface area contributed by atoms with E-state index in [0.717, 1.165) is 0 Å². The van der Waals surface area contributed by atoms with Gasteiger partial charge in [-0.05, 0) is 48.0 Å². The largest absolute Gasteiger partial charge is 0.459 e. The van der Waals surface area contributed by atoms with Crippen LogP contribution in [0.1, 0.15) is 48.0 Å². The van der Waals surface area contributed by atoms with Crippen molar-refractivity contribution in [2.75, 3.05) is 5.33 Å². The molecule has 0 heterocycles. The van der Waals surface area contributed by atoms with Gasteiger partial charge in [-0.1, -0.05) is 15.9 Å². The molecule has 5 heteroatoms. The number of rotatable bonds is 4. The fourth-order valence-electron chi connectivity index (χ4n) is 1.19. The van der Waals surface area contributed by atoms with Crippen molar-refractivity contribution in [2.24, 2.45) is 5.92 Å². The maximum atomic E-state index is 11.9. The maximum Gasteiger partial charge on any atom is 0.320 e. The Morgan fingerprint density at radius 2 is 1.28 bits per heavy atom. The quantitative estimate of drug-likeness (QED) is 0.453. The van der Waals surface area contributed by atoms with Crippen molar-refractivity contribution in [3.05, 3.63) is 0 Å². The van der Waals surface area contributed by atoms with E-state index >= 15 is 0 Å². The number of halogens is 1. The Labute approximate surface area is 118 Å². The predicted molar refractivity (Wildman–Crippen MR) is 73.6 cm³/mol. The summed E-state index contributed by atoms with van der Waals surface area (Å²) in [5.41, 5.74) is -1.21. The molecule has 106 valence electrons. The minimum Gasteiger partial charge on any atom is -0.459 e. The lowest BCUT2D eigenvalue weighted by atomic mass is 10.1. The molecule has 0 aliphatic heterocycles. The van der Waals surface area contributed by atoms with E-state index in [2.05, 4.69) is 15.9 Å². The van der Waals surface area contributed by atoms with E-state index in [4.69, 9.17) is 9.47 Å². The molecule has 0 saturated heterocycles. The van der Waals surface area contributed by atoms with E-state index in [1.165, 1.54) is 0 Å². The summed E-state index contributed by atoms with van der Waals surface area (Å²) in [5.74, 6) is -1.93. The van der Waals surface area contributed by atoms with Gasteiger partial charge in [-0.2, -0.15) is 0 Å². The number of alkyl halides is 1. The summed E-state index contributed by atoms with van der Waals surface area (Å²) in [6.45, 7) is 10.6. The van der Waals surface area contributed by atoms with E-state index < -0.39 is 29.1 Å². The molecule has 0 aliphatic rings. The zero-order valence-corrected chi connectivity index (χ0v) is 13.6. The van der Waals surface area contributed by atoms with Gasteiger partial charge in [0.15, 0.2) is 5.92 Å². The lowest BCUT2D eigenvalue weighted by Crippen LogP contribution is -2.37. The lowest BCUT2D eigenvalue weighted by Gasteiger charge is -2.26. The van der Waals surface area contributed by atoms with E-state index in [1.807, 2.05) is 0 Å². The van der Waals surface area contributed by atoms with Crippen LogP contribution in [0.3, 0.4) is 0 Å². The Hall–Kier alpha value is -0.580. The molecule has 0 aliphatic carbocycles. The van der Waals surface area contributed by atoms with Crippen LogP contribution >= 0.6 is 15.9 Å². The topological polar surface area (TPSA) is 52.6 Å². The third-order valence-electron chi connectivity index (χ3n) is 1.78. The molecule has 0 rings (SSSR count). The first kappa shape index (κ1) is 17.4. The second-order valence-corrected chi connectivity index (χ2v) is 6.89. The third-order valence-corrected chi connectivity index (χ3v) is 2.24. The number of ether oxygens (including phenoxy) is 2. The van der Waals surface area contributed by atoms with E-state index in [9.17, 15) is 9.59 Å². The molecule has 0 fully saturated rings. The molecule has 0 aromatic heterocycles. The van der Waals surface area contributed by atoms with Crippen LogP contribution in [0.25, 0.3) is 0 Å². The normalized spacial score (nSPS) is 12.4. The van der Waals surface area contributed by atoms with E-state index in [-0.39, 0.29) is 0 Å². The minimum atomic E-state index is -0.872. The van der Waals surface area contributed by atoms with Crippen LogP contribution in [-0.2, 0) is 19.1 Å². The molecule has 0 amide bonds. The first-order valence-electron chi connectivity index (χ1n) is 5.98. The molecular weight excluding hydrogens is 300 g/mol. The van der Waals surface area contributed by atoms with Crippen molar-refractivity contribution in [3.8, 4) is 0 Å². The number of esters is 2. The summed E-state index contributed by atoms with van der Waals surface area (Å²) in [4.78, 5) is 23.9. The Kier molecular flexibility index (Phi) is 6.34. The molecule has 0 bridgehead atoms. The first-order chi connectivity index (χ1) is 7.96. The van der Waals surface area contributed by atoms with Gasteiger partial charge in [-0.25, -0.2) is 0 Å². The Bertz CT molecular complexity index is 271. The Morgan fingerprint density at radius 3 is 1.50 bits per heavy atom. The minimum absolute atomic E-state index is 0.365. The highest BCUT2D eigenvalue weighted by atomic mass is 79.9. The van der Waals surface area contributed by atoms with Crippen molar-refractivity contribution in [2.45, 2.75) is 59.2 Å². The van der Waals surface area contributed by atoms with Gasteiger partial charge >= 0.3 is 11.9 Å². The van der Waals surface area contributed by atoms with Crippen molar-refractivity contribution in [1.29, 1.82) is 0 Å². The van der Waals surface area contributed by atoms with Gasteiger partial charge in [-0.3, -0.25) is 9.59 Å². The predicted octanol–water partition coefficient (Wildman–Crippen LogP) is 3.07. The SMILES string of the molecule is CC(C)(C)OC(=O)C(CCBr)C(=O)OC(C)(C)C. The number of hydrogen-bond acceptors (Lipinski definition) is 4. The molecule has 18 heavy (non-hydrogen) atoms. The van der Waals surface area contributed by atoms with Gasteiger partial charge in [0.25, 0.3) is 0 Å². The van der Waals surface area contributed by atoms with Crippen molar-refractivity contribution in [3.63, 3.8) is 0 Å². The van der Waals surface area contributed by atoms with Gasteiger partial charge in [0.2, 0.25) is 0 Å². The first-order valence-corrected chi connectivity index (χ1v) is 7.10. The molecule has 0 spiro atoms. The standard InChI is InChI=1S/C13H23BrO4/c1-12(2,3)17-10(15)9(7-8-14)11(16)18-13(4,5)6/h9H,7-8H2,1-6H3. The monoisotopic (exact) mass is 322 g/mol. The molecular formula is C13H23BrO4. The fourth-order valence-corrected chi connectivity index (χ4v) is 1.64. The highest BCUT2D eigenvalue weighted by molar-refractivity contribution is 9.09. The molecule has 0 N–H and O–H groups in total. The van der Waals surface area contributed by atoms with Crippen LogP contribution in [0.4, 0.5) is 0 Å². The van der Waals surface area contributed by atoms with Gasteiger partial charge in [0.1, 0.15) is 11.2 Å². The van der Waals surface area contributed by atoms with E-state index in [1.54, 1.807) is 41.5 Å². The summed E-state index contributed by atoms with van der Waals surface area (Å²) < 4.78 is 10.5. The van der Waals surface area contributed by atoms with E-state index in [0.29, 0.717) is 11.8 Å². The lowest BCUT2D eigenvalue weighted by molar-refractivity contribution is -0.174. The second kappa shape index (κ2) is 6.55. The highest BCUT2D eigenvalue weighted by Crippen LogP contribution is 2.19. The van der Waals surface area contributed by atoms with Crippen LogP contribution in [0, 0.1) is 5.92 Å². The fraction of sp³-hybridized carbons (Fsp3) is 0.846. The smallest absolute Gasteiger partial charge is 0.320 e. The van der Waals surface area contributed by atoms with Crippen LogP contribution in [0.2, 0.25) is 0 Å². The molecule has 0 saturated carbocycles. The third kappa shape index (κ3) is 7.69. The van der Waals surface area contributed by atoms with Gasteiger partial charge < -0.3 is 9.47 Å². The van der Waals surface area contributed by atoms with Crippen molar-refractivity contribution in [1.82, 2.24) is 0 Å². The van der Waals surface area contributed by atoms with Crippen LogP contribution in [-0.4, -0.2) is 28.5 Å². The maximum absolute atomic E-state index is 11.9.